The second kappa shape index (κ2) is 8.88. The van der Waals surface area contributed by atoms with Gasteiger partial charge in [-0.1, -0.05) is 12.1 Å². The lowest BCUT2D eigenvalue weighted by Gasteiger charge is -2.21. The highest BCUT2D eigenvalue weighted by molar-refractivity contribution is 5.59. The molecule has 13 heteroatoms. The number of carbonyl (C=O) groups is 1. The number of nitrogens with zero attached hydrogens (tertiary/aromatic N) is 3. The van der Waals surface area contributed by atoms with Crippen molar-refractivity contribution in [1.82, 2.24) is 9.55 Å². The average Bonchev–Trinajstić information content (AvgIpc) is 3.10. The van der Waals surface area contributed by atoms with Crippen LogP contribution in [0.5, 0.6) is 11.8 Å². The lowest BCUT2D eigenvalue weighted by atomic mass is 10.2. The van der Waals surface area contributed by atoms with E-state index in [9.17, 15) is 28.1 Å². The van der Waals surface area contributed by atoms with Crippen LogP contribution in [0.1, 0.15) is 18.4 Å². The molecule has 0 spiro atoms. The zero-order chi connectivity index (χ0) is 21.7. The highest BCUT2D eigenvalue weighted by Crippen LogP contribution is 2.25. The van der Waals surface area contributed by atoms with E-state index in [1.54, 1.807) is 0 Å². The first-order chi connectivity index (χ1) is 14.2. The van der Waals surface area contributed by atoms with Gasteiger partial charge in [-0.05, 0) is 22.6 Å². The van der Waals surface area contributed by atoms with Gasteiger partial charge in [0, 0.05) is 24.4 Å². The first kappa shape index (κ1) is 21.2. The minimum absolute atomic E-state index is 0.00926. The summed E-state index contributed by atoms with van der Waals surface area (Å²) in [5.41, 5.74) is 0.450. The molecule has 1 atom stereocenters. The zero-order valence-electron chi connectivity index (χ0n) is 15.3. The molecule has 1 aliphatic heterocycles. The van der Waals surface area contributed by atoms with Crippen molar-refractivity contribution in [1.29, 1.82) is 0 Å². The molecule has 1 aromatic heterocycles. The van der Waals surface area contributed by atoms with Crippen LogP contribution in [0.25, 0.3) is 0 Å². The van der Waals surface area contributed by atoms with E-state index in [0.717, 1.165) is 12.1 Å². The van der Waals surface area contributed by atoms with Crippen molar-refractivity contribution in [2.75, 3.05) is 6.61 Å². The molecule has 0 unspecified atom stereocenters. The van der Waals surface area contributed by atoms with Gasteiger partial charge < -0.3 is 29.1 Å². The summed E-state index contributed by atoms with van der Waals surface area (Å²) in [7, 11) is 0. The van der Waals surface area contributed by atoms with Gasteiger partial charge in [0.15, 0.2) is 0 Å². The number of hydrogen-bond donors (Lipinski definition) is 0. The van der Waals surface area contributed by atoms with Gasteiger partial charge in [0.2, 0.25) is 0 Å². The van der Waals surface area contributed by atoms with Gasteiger partial charge in [-0.15, -0.1) is 13.2 Å². The van der Waals surface area contributed by atoms with Crippen LogP contribution in [0.2, 0.25) is 0 Å². The van der Waals surface area contributed by atoms with Crippen molar-refractivity contribution < 1.29 is 41.8 Å². The van der Waals surface area contributed by atoms with Crippen molar-refractivity contribution in [2.45, 2.75) is 38.5 Å². The van der Waals surface area contributed by atoms with E-state index in [1.807, 2.05) is 0 Å². The Labute approximate surface area is 167 Å². The van der Waals surface area contributed by atoms with Crippen LogP contribution in [0.15, 0.2) is 30.5 Å². The smallest absolute Gasteiger partial charge is 0.442 e. The SMILES string of the molecule is O=C(OCC[C@@H]1CCn2cc([N+](=O)[O-])nc2O1)OCc1ccc(OC(F)(F)F)cc1. The van der Waals surface area contributed by atoms with Crippen molar-refractivity contribution in [2.24, 2.45) is 0 Å². The summed E-state index contributed by atoms with van der Waals surface area (Å²) < 4.78 is 57.0. The molecule has 162 valence electrons. The van der Waals surface area contributed by atoms with Gasteiger partial charge in [-0.2, -0.15) is 0 Å². The molecule has 0 saturated carbocycles. The van der Waals surface area contributed by atoms with Crippen molar-refractivity contribution in [3.8, 4) is 11.8 Å². The van der Waals surface area contributed by atoms with Crippen LogP contribution in [-0.4, -0.2) is 39.7 Å². The van der Waals surface area contributed by atoms with Gasteiger partial charge in [0.25, 0.3) is 0 Å². The van der Waals surface area contributed by atoms with Crippen molar-refractivity contribution in [3.05, 3.63) is 46.1 Å². The number of fused-ring (bicyclic) bond motifs is 1. The molecule has 0 amide bonds. The summed E-state index contributed by atoms with van der Waals surface area (Å²) in [5.74, 6) is -0.684. The Morgan fingerprint density at radius 1 is 1.30 bits per heavy atom. The number of benzene rings is 1. The third kappa shape index (κ3) is 5.99. The summed E-state index contributed by atoms with van der Waals surface area (Å²) in [6.45, 7) is 0.288. The lowest BCUT2D eigenvalue weighted by Crippen LogP contribution is -2.27. The second-order valence-corrected chi connectivity index (χ2v) is 6.23. The van der Waals surface area contributed by atoms with E-state index in [0.29, 0.717) is 24.9 Å². The maximum atomic E-state index is 12.1. The molecule has 2 aromatic rings. The first-order valence-corrected chi connectivity index (χ1v) is 8.72. The Morgan fingerprint density at radius 2 is 2.03 bits per heavy atom. The third-order valence-corrected chi connectivity index (χ3v) is 4.05. The molecule has 30 heavy (non-hydrogen) atoms. The molecule has 2 heterocycles. The number of hydrogen-bond acceptors (Lipinski definition) is 8. The summed E-state index contributed by atoms with van der Waals surface area (Å²) >= 11 is 0. The number of carbonyl (C=O) groups excluding carboxylic acids is 1. The number of imidazole rings is 1. The van der Waals surface area contributed by atoms with Crippen LogP contribution in [0.4, 0.5) is 23.8 Å². The van der Waals surface area contributed by atoms with E-state index in [4.69, 9.17) is 14.2 Å². The Hall–Kier alpha value is -3.51. The second-order valence-electron chi connectivity index (χ2n) is 6.23. The third-order valence-electron chi connectivity index (χ3n) is 4.05. The Bertz CT molecular complexity index is 899. The molecule has 0 bridgehead atoms. The number of aryl methyl sites for hydroxylation is 1. The van der Waals surface area contributed by atoms with E-state index >= 15 is 0 Å². The maximum absolute atomic E-state index is 12.1. The van der Waals surface area contributed by atoms with Crippen molar-refractivity contribution >= 4 is 12.0 Å². The summed E-state index contributed by atoms with van der Waals surface area (Å²) in [6.07, 6.45) is -3.87. The van der Waals surface area contributed by atoms with Crippen LogP contribution in [0.3, 0.4) is 0 Å². The normalized spacial score (nSPS) is 15.6. The molecule has 1 aromatic carbocycles. The molecular weight excluding hydrogens is 415 g/mol. The number of halogens is 3. The molecule has 3 rings (SSSR count). The van der Waals surface area contributed by atoms with E-state index < -0.39 is 17.4 Å². The molecule has 10 nitrogen and oxygen atoms in total. The van der Waals surface area contributed by atoms with Gasteiger partial charge in [-0.25, -0.2) is 4.79 Å². The molecule has 0 aliphatic carbocycles. The van der Waals surface area contributed by atoms with E-state index in [-0.39, 0.29) is 36.9 Å². The first-order valence-electron chi connectivity index (χ1n) is 8.72. The van der Waals surface area contributed by atoms with Crippen LogP contribution >= 0.6 is 0 Å². The molecule has 0 N–H and O–H groups in total. The molecule has 0 radical (unpaired) electrons. The largest absolute Gasteiger partial charge is 0.573 e. The fourth-order valence-electron chi connectivity index (χ4n) is 2.67. The highest BCUT2D eigenvalue weighted by atomic mass is 19.4. The van der Waals surface area contributed by atoms with E-state index in [2.05, 4.69) is 9.72 Å². The Morgan fingerprint density at radius 3 is 2.70 bits per heavy atom. The number of nitro groups is 1. The summed E-state index contributed by atoms with van der Waals surface area (Å²) in [5, 5.41) is 10.7. The summed E-state index contributed by atoms with van der Waals surface area (Å²) in [4.78, 5) is 25.5. The van der Waals surface area contributed by atoms with Crippen LogP contribution in [0, 0.1) is 10.1 Å². The quantitative estimate of drug-likeness (QED) is 0.371. The minimum atomic E-state index is -4.78. The molecule has 0 fully saturated rings. The van der Waals surface area contributed by atoms with Crippen LogP contribution < -0.4 is 9.47 Å². The fraction of sp³-hybridized carbons (Fsp3) is 0.412. The number of alkyl halides is 3. The number of aromatic nitrogens is 2. The van der Waals surface area contributed by atoms with E-state index in [1.165, 1.54) is 22.9 Å². The van der Waals surface area contributed by atoms with Gasteiger partial charge >= 0.3 is 24.3 Å². The molecule has 0 saturated heterocycles. The van der Waals surface area contributed by atoms with Gasteiger partial charge in [0.05, 0.1) is 6.61 Å². The predicted octanol–water partition coefficient (Wildman–Crippen LogP) is 3.58. The number of ether oxygens (including phenoxy) is 4. The standard InChI is InChI=1S/C17H16F3N3O7/c18-17(19,20)30-13-3-1-11(2-4-13)10-28-16(24)27-8-6-12-5-7-22-9-14(23(25)26)21-15(22)29-12/h1-4,9,12H,5-8,10H2/t12-/m0/s1. The fourth-order valence-corrected chi connectivity index (χ4v) is 2.67. The zero-order valence-corrected chi connectivity index (χ0v) is 15.3. The monoisotopic (exact) mass is 431 g/mol. The molecular formula is C17H16F3N3O7. The predicted molar refractivity (Wildman–Crippen MR) is 91.8 cm³/mol. The highest BCUT2D eigenvalue weighted by Gasteiger charge is 2.31. The molecule has 1 aliphatic rings. The summed E-state index contributed by atoms with van der Waals surface area (Å²) in [6, 6.07) is 4.99. The average molecular weight is 431 g/mol. The minimum Gasteiger partial charge on any atom is -0.442 e. The Kier molecular flexibility index (Phi) is 6.28. The van der Waals surface area contributed by atoms with Gasteiger partial charge in [-0.3, -0.25) is 4.57 Å². The number of rotatable bonds is 7. The maximum Gasteiger partial charge on any atom is 0.573 e. The Balaban J connectivity index is 1.36. The van der Waals surface area contributed by atoms with Crippen molar-refractivity contribution in [3.63, 3.8) is 0 Å². The van der Waals surface area contributed by atoms with Crippen LogP contribution in [-0.2, 0) is 22.6 Å². The topological polar surface area (TPSA) is 115 Å². The lowest BCUT2D eigenvalue weighted by molar-refractivity contribution is -0.389. The van der Waals surface area contributed by atoms with Gasteiger partial charge in [0.1, 0.15) is 24.7 Å².